The molecule has 18 heavy (non-hydrogen) atoms. The van der Waals surface area contributed by atoms with E-state index in [1.807, 2.05) is 0 Å². The van der Waals surface area contributed by atoms with Crippen molar-refractivity contribution < 1.29 is 8.42 Å². The van der Waals surface area contributed by atoms with Gasteiger partial charge in [0.25, 0.3) is 0 Å². The maximum absolute atomic E-state index is 12.3. The molecule has 1 aliphatic carbocycles. The van der Waals surface area contributed by atoms with Gasteiger partial charge in [0, 0.05) is 18.5 Å². The average Bonchev–Trinajstić information content (AvgIpc) is 2.72. The lowest BCUT2D eigenvalue weighted by molar-refractivity contribution is 0.303. The Kier molecular flexibility index (Phi) is 5.34. The molecule has 106 valence electrons. The third-order valence-electron chi connectivity index (χ3n) is 4.36. The molecule has 0 radical (unpaired) electrons. The molecule has 3 nitrogen and oxygen atoms in total. The first kappa shape index (κ1) is 14.6. The summed E-state index contributed by atoms with van der Waals surface area (Å²) in [7, 11) is -3.02. The molecule has 0 bridgehead atoms. The van der Waals surface area contributed by atoms with Crippen molar-refractivity contribution in [3.8, 4) is 0 Å². The van der Waals surface area contributed by atoms with E-state index in [1.165, 1.54) is 19.3 Å². The third-order valence-corrected chi connectivity index (χ3v) is 6.57. The molecule has 5 heteroatoms. The molecule has 0 aromatic rings. The fraction of sp³-hybridized carbons (Fsp3) is 1.00. The summed E-state index contributed by atoms with van der Waals surface area (Å²) in [6, 6.07) is 0.218. The van der Waals surface area contributed by atoms with E-state index in [1.54, 1.807) is 4.31 Å². The van der Waals surface area contributed by atoms with Gasteiger partial charge in [0.05, 0.1) is 5.75 Å². The number of alkyl halides is 1. The number of rotatable bonds is 7. The lowest BCUT2D eigenvalue weighted by Crippen LogP contribution is -2.37. The van der Waals surface area contributed by atoms with Crippen molar-refractivity contribution in [3.05, 3.63) is 0 Å². The molecule has 1 saturated carbocycles. The van der Waals surface area contributed by atoms with E-state index in [-0.39, 0.29) is 6.04 Å². The molecular weight excluding hydrogens is 270 g/mol. The van der Waals surface area contributed by atoms with Crippen molar-refractivity contribution >= 4 is 21.6 Å². The van der Waals surface area contributed by atoms with Crippen LogP contribution in [0.3, 0.4) is 0 Å². The molecular formula is C13H24ClNO2S. The number of sulfonamides is 1. The average molecular weight is 294 g/mol. The Hall–Kier alpha value is 0.200. The van der Waals surface area contributed by atoms with Gasteiger partial charge in [0.1, 0.15) is 0 Å². The zero-order chi connectivity index (χ0) is 13.0. The van der Waals surface area contributed by atoms with E-state index in [0.717, 1.165) is 38.6 Å². The smallest absolute Gasteiger partial charge is 0.212 e. The standard InChI is InChI=1S/C13H24ClNO2S/c14-9-2-6-13-7-3-10-15(13)18(16,17)11-8-12-4-1-5-12/h12-13H,1-11H2. The minimum absolute atomic E-state index is 0.218. The molecule has 1 saturated heterocycles. The Morgan fingerprint density at radius 2 is 1.89 bits per heavy atom. The van der Waals surface area contributed by atoms with E-state index in [4.69, 9.17) is 11.6 Å². The van der Waals surface area contributed by atoms with Crippen molar-refractivity contribution in [2.75, 3.05) is 18.2 Å². The molecule has 0 aromatic carbocycles. The van der Waals surface area contributed by atoms with Gasteiger partial charge < -0.3 is 0 Å². The molecule has 2 rings (SSSR count). The maximum atomic E-state index is 12.3. The molecule has 1 heterocycles. The Morgan fingerprint density at radius 1 is 1.11 bits per heavy atom. The van der Waals surface area contributed by atoms with Crippen LogP contribution in [0.2, 0.25) is 0 Å². The summed E-state index contributed by atoms with van der Waals surface area (Å²) in [6.07, 6.45) is 8.46. The van der Waals surface area contributed by atoms with Crippen molar-refractivity contribution in [1.82, 2.24) is 4.31 Å². The Labute approximate surface area is 116 Å². The predicted octanol–water partition coefficient (Wildman–Crippen LogP) is 2.99. The Morgan fingerprint density at radius 3 is 2.50 bits per heavy atom. The number of hydrogen-bond donors (Lipinski definition) is 0. The second kappa shape index (κ2) is 6.58. The Balaban J connectivity index is 1.86. The van der Waals surface area contributed by atoms with Crippen LogP contribution >= 0.6 is 11.6 Å². The SMILES string of the molecule is O=S(=O)(CCC1CCC1)N1CCCC1CCCCl. The van der Waals surface area contributed by atoms with Crippen LogP contribution in [0.15, 0.2) is 0 Å². The van der Waals surface area contributed by atoms with Gasteiger partial charge in [-0.1, -0.05) is 19.3 Å². The van der Waals surface area contributed by atoms with Crippen molar-refractivity contribution in [3.63, 3.8) is 0 Å². The summed E-state index contributed by atoms with van der Waals surface area (Å²) in [6.45, 7) is 0.722. The summed E-state index contributed by atoms with van der Waals surface area (Å²) >= 11 is 5.70. The first-order valence-corrected chi connectivity index (χ1v) is 9.33. The largest absolute Gasteiger partial charge is 0.214 e. The summed E-state index contributed by atoms with van der Waals surface area (Å²) in [5.41, 5.74) is 0. The second-order valence-electron chi connectivity index (χ2n) is 5.64. The van der Waals surface area contributed by atoms with Crippen molar-refractivity contribution in [2.45, 2.75) is 57.4 Å². The van der Waals surface area contributed by atoms with Gasteiger partial charge in [-0.3, -0.25) is 0 Å². The maximum Gasteiger partial charge on any atom is 0.214 e. The molecule has 0 N–H and O–H groups in total. The fourth-order valence-electron chi connectivity index (χ4n) is 2.99. The summed E-state index contributed by atoms with van der Waals surface area (Å²) in [5.74, 6) is 1.66. The zero-order valence-electron chi connectivity index (χ0n) is 11.0. The molecule has 1 atom stereocenters. The van der Waals surface area contributed by atoms with Gasteiger partial charge in [-0.25, -0.2) is 8.42 Å². The van der Waals surface area contributed by atoms with Crippen LogP contribution < -0.4 is 0 Å². The van der Waals surface area contributed by atoms with E-state index < -0.39 is 10.0 Å². The quantitative estimate of drug-likeness (QED) is 0.677. The lowest BCUT2D eigenvalue weighted by Gasteiger charge is -2.28. The van der Waals surface area contributed by atoms with E-state index in [0.29, 0.717) is 17.6 Å². The van der Waals surface area contributed by atoms with Crippen molar-refractivity contribution in [2.24, 2.45) is 5.92 Å². The van der Waals surface area contributed by atoms with Gasteiger partial charge in [0.15, 0.2) is 0 Å². The summed E-state index contributed by atoms with van der Waals surface area (Å²) in [5, 5.41) is 0. The van der Waals surface area contributed by atoms with Gasteiger partial charge in [-0.05, 0) is 38.0 Å². The van der Waals surface area contributed by atoms with Gasteiger partial charge >= 0.3 is 0 Å². The van der Waals surface area contributed by atoms with Crippen LogP contribution in [0.4, 0.5) is 0 Å². The van der Waals surface area contributed by atoms with Crippen molar-refractivity contribution in [1.29, 1.82) is 0 Å². The molecule has 0 spiro atoms. The minimum atomic E-state index is -3.02. The monoisotopic (exact) mass is 293 g/mol. The Bertz CT molecular complexity index is 354. The van der Waals surface area contributed by atoms with Crippen LogP contribution in [0.5, 0.6) is 0 Å². The number of nitrogens with zero attached hydrogens (tertiary/aromatic N) is 1. The predicted molar refractivity (Wildman–Crippen MR) is 75.4 cm³/mol. The number of halogens is 1. The van der Waals surface area contributed by atoms with Gasteiger partial charge in [-0.15, -0.1) is 11.6 Å². The zero-order valence-corrected chi connectivity index (χ0v) is 12.6. The molecule has 2 aliphatic rings. The van der Waals surface area contributed by atoms with E-state index in [2.05, 4.69) is 0 Å². The second-order valence-corrected chi connectivity index (χ2v) is 8.06. The van der Waals surface area contributed by atoms with Gasteiger partial charge in [-0.2, -0.15) is 4.31 Å². The van der Waals surface area contributed by atoms with Crippen LogP contribution in [0, 0.1) is 5.92 Å². The number of hydrogen-bond acceptors (Lipinski definition) is 2. The molecule has 0 amide bonds. The minimum Gasteiger partial charge on any atom is -0.212 e. The summed E-state index contributed by atoms with van der Waals surface area (Å²) in [4.78, 5) is 0. The van der Waals surface area contributed by atoms with Gasteiger partial charge in [0.2, 0.25) is 10.0 Å². The van der Waals surface area contributed by atoms with Crippen LogP contribution in [-0.4, -0.2) is 36.9 Å². The highest BCUT2D eigenvalue weighted by atomic mass is 35.5. The first-order chi connectivity index (χ1) is 8.63. The first-order valence-electron chi connectivity index (χ1n) is 7.19. The molecule has 0 aromatic heterocycles. The highest BCUT2D eigenvalue weighted by molar-refractivity contribution is 7.89. The fourth-order valence-corrected chi connectivity index (χ4v) is 5.08. The third kappa shape index (κ3) is 3.61. The molecule has 1 aliphatic heterocycles. The normalized spacial score (nSPS) is 26.4. The van der Waals surface area contributed by atoms with Crippen LogP contribution in [0.1, 0.15) is 51.4 Å². The highest BCUT2D eigenvalue weighted by Crippen LogP contribution is 2.31. The van der Waals surface area contributed by atoms with Crippen LogP contribution in [-0.2, 0) is 10.0 Å². The summed E-state index contributed by atoms with van der Waals surface area (Å²) < 4.78 is 26.4. The van der Waals surface area contributed by atoms with E-state index >= 15 is 0 Å². The molecule has 1 unspecified atom stereocenters. The molecule has 2 fully saturated rings. The highest BCUT2D eigenvalue weighted by Gasteiger charge is 2.34. The van der Waals surface area contributed by atoms with E-state index in [9.17, 15) is 8.42 Å². The lowest BCUT2D eigenvalue weighted by atomic mass is 9.84. The van der Waals surface area contributed by atoms with Crippen LogP contribution in [0.25, 0.3) is 0 Å². The topological polar surface area (TPSA) is 37.4 Å².